The maximum absolute atomic E-state index is 12.2. The zero-order valence-corrected chi connectivity index (χ0v) is 11.1. The van der Waals surface area contributed by atoms with E-state index in [4.69, 9.17) is 4.74 Å². The quantitative estimate of drug-likeness (QED) is 0.832. The number of rotatable bonds is 5. The molecule has 3 nitrogen and oxygen atoms in total. The van der Waals surface area contributed by atoms with Gasteiger partial charge in [-0.3, -0.25) is 4.79 Å². The first-order chi connectivity index (χ1) is 9.20. The van der Waals surface area contributed by atoms with Crippen LogP contribution >= 0.6 is 0 Å². The first kappa shape index (κ1) is 13.1. The third-order valence-corrected chi connectivity index (χ3v) is 2.92. The number of Topliss-reactive ketones (excluding diaryl/α,β-unsaturated/α-hetero) is 1. The van der Waals surface area contributed by atoms with Crippen molar-refractivity contribution in [1.29, 1.82) is 0 Å². The van der Waals surface area contributed by atoms with Crippen LogP contribution in [-0.4, -0.2) is 18.9 Å². The molecule has 0 aliphatic rings. The minimum Gasteiger partial charge on any atom is -0.497 e. The second-order valence-electron chi connectivity index (χ2n) is 4.32. The smallest absolute Gasteiger partial charge is 0.184 e. The summed E-state index contributed by atoms with van der Waals surface area (Å²) in [6, 6.07) is 16.5. The fourth-order valence-corrected chi connectivity index (χ4v) is 1.86. The largest absolute Gasteiger partial charge is 0.497 e. The molecule has 1 N–H and O–H groups in total. The number of ketones is 1. The number of anilines is 1. The number of benzene rings is 2. The number of hydrogen-bond donors (Lipinski definition) is 1. The average molecular weight is 255 g/mol. The third kappa shape index (κ3) is 3.35. The molecular formula is C16H17NO2. The van der Waals surface area contributed by atoms with Gasteiger partial charge in [0.25, 0.3) is 0 Å². The van der Waals surface area contributed by atoms with Gasteiger partial charge in [0.05, 0.1) is 13.2 Å². The minimum atomic E-state index is -0.268. The molecule has 0 amide bonds. The molecule has 0 aromatic heterocycles. The first-order valence-corrected chi connectivity index (χ1v) is 6.20. The molecule has 0 bridgehead atoms. The van der Waals surface area contributed by atoms with E-state index < -0.39 is 0 Å². The van der Waals surface area contributed by atoms with Gasteiger partial charge in [0.2, 0.25) is 0 Å². The normalized spacial score (nSPS) is 11.7. The van der Waals surface area contributed by atoms with Gasteiger partial charge in [-0.05, 0) is 31.2 Å². The van der Waals surface area contributed by atoms with E-state index in [9.17, 15) is 4.79 Å². The highest BCUT2D eigenvalue weighted by Crippen LogP contribution is 2.16. The Bertz CT molecular complexity index is 534. The average Bonchev–Trinajstić information content (AvgIpc) is 2.48. The SMILES string of the molecule is COc1ccc(N[C@H](C)C(=O)c2ccccc2)cc1. The van der Waals surface area contributed by atoms with Crippen molar-refractivity contribution in [2.75, 3.05) is 12.4 Å². The summed E-state index contributed by atoms with van der Waals surface area (Å²) in [5.74, 6) is 0.879. The highest BCUT2D eigenvalue weighted by Gasteiger charge is 2.14. The first-order valence-electron chi connectivity index (χ1n) is 6.20. The summed E-state index contributed by atoms with van der Waals surface area (Å²) in [6.45, 7) is 1.86. The molecule has 98 valence electrons. The monoisotopic (exact) mass is 255 g/mol. The highest BCUT2D eigenvalue weighted by molar-refractivity contribution is 6.01. The standard InChI is InChI=1S/C16H17NO2/c1-12(16(18)13-6-4-3-5-7-13)17-14-8-10-15(19-2)11-9-14/h3-12,17H,1-2H3/t12-/m1/s1. The van der Waals surface area contributed by atoms with Gasteiger partial charge in [-0.2, -0.15) is 0 Å². The highest BCUT2D eigenvalue weighted by atomic mass is 16.5. The summed E-state index contributed by atoms with van der Waals surface area (Å²) >= 11 is 0. The molecule has 0 heterocycles. The Labute approximate surface area is 113 Å². The fraction of sp³-hybridized carbons (Fsp3) is 0.188. The van der Waals surface area contributed by atoms with Crippen LogP contribution in [-0.2, 0) is 0 Å². The Morgan fingerprint density at radius 2 is 1.68 bits per heavy atom. The van der Waals surface area contributed by atoms with E-state index in [-0.39, 0.29) is 11.8 Å². The maximum atomic E-state index is 12.2. The van der Waals surface area contributed by atoms with Crippen LogP contribution in [0.25, 0.3) is 0 Å². The number of carbonyl (C=O) groups is 1. The van der Waals surface area contributed by atoms with Crippen LogP contribution in [0.4, 0.5) is 5.69 Å². The Morgan fingerprint density at radius 3 is 2.26 bits per heavy atom. The van der Waals surface area contributed by atoms with Gasteiger partial charge < -0.3 is 10.1 Å². The Balaban J connectivity index is 2.04. The van der Waals surface area contributed by atoms with E-state index in [0.29, 0.717) is 0 Å². The zero-order chi connectivity index (χ0) is 13.7. The second kappa shape index (κ2) is 6.05. The molecule has 0 saturated carbocycles. The van der Waals surface area contributed by atoms with Gasteiger partial charge >= 0.3 is 0 Å². The molecule has 2 aromatic carbocycles. The Morgan fingerprint density at radius 1 is 1.05 bits per heavy atom. The van der Waals surface area contributed by atoms with E-state index in [0.717, 1.165) is 17.0 Å². The van der Waals surface area contributed by atoms with Crippen LogP contribution < -0.4 is 10.1 Å². The van der Waals surface area contributed by atoms with E-state index >= 15 is 0 Å². The van der Waals surface area contributed by atoms with Crippen molar-refractivity contribution in [3.63, 3.8) is 0 Å². The zero-order valence-electron chi connectivity index (χ0n) is 11.1. The Kier molecular flexibility index (Phi) is 4.18. The lowest BCUT2D eigenvalue weighted by atomic mass is 10.1. The number of hydrogen-bond acceptors (Lipinski definition) is 3. The molecule has 3 heteroatoms. The van der Waals surface area contributed by atoms with Gasteiger partial charge in [-0.25, -0.2) is 0 Å². The molecule has 0 unspecified atom stereocenters. The van der Waals surface area contributed by atoms with Crippen LogP contribution in [0.2, 0.25) is 0 Å². The summed E-state index contributed by atoms with van der Waals surface area (Å²) in [7, 11) is 1.63. The van der Waals surface area contributed by atoms with E-state index in [1.807, 2.05) is 61.5 Å². The number of nitrogens with one attached hydrogen (secondary N) is 1. The molecule has 2 rings (SSSR count). The summed E-state index contributed by atoms with van der Waals surface area (Å²) < 4.78 is 5.10. The van der Waals surface area contributed by atoms with Gasteiger partial charge in [0.15, 0.2) is 5.78 Å². The van der Waals surface area contributed by atoms with Crippen molar-refractivity contribution in [1.82, 2.24) is 0 Å². The van der Waals surface area contributed by atoms with Crippen LogP contribution in [0.1, 0.15) is 17.3 Å². The predicted molar refractivity (Wildman–Crippen MR) is 76.9 cm³/mol. The number of ether oxygens (including phenoxy) is 1. The molecule has 0 aliphatic carbocycles. The summed E-state index contributed by atoms with van der Waals surface area (Å²) in [4.78, 5) is 12.2. The molecule has 2 aromatic rings. The molecule has 0 saturated heterocycles. The molecular weight excluding hydrogens is 238 g/mol. The van der Waals surface area contributed by atoms with Crippen LogP contribution in [0.5, 0.6) is 5.75 Å². The van der Waals surface area contributed by atoms with Gasteiger partial charge in [-0.15, -0.1) is 0 Å². The lowest BCUT2D eigenvalue weighted by Crippen LogP contribution is -2.26. The van der Waals surface area contributed by atoms with Crippen LogP contribution in [0.15, 0.2) is 54.6 Å². The lowest BCUT2D eigenvalue weighted by molar-refractivity contribution is 0.0975. The van der Waals surface area contributed by atoms with Crippen molar-refractivity contribution in [3.8, 4) is 5.75 Å². The van der Waals surface area contributed by atoms with Crippen LogP contribution in [0, 0.1) is 0 Å². The van der Waals surface area contributed by atoms with Gasteiger partial charge in [0, 0.05) is 11.3 Å². The summed E-state index contributed by atoms with van der Waals surface area (Å²) in [6.07, 6.45) is 0. The summed E-state index contributed by atoms with van der Waals surface area (Å²) in [5, 5.41) is 3.19. The van der Waals surface area contributed by atoms with Crippen molar-refractivity contribution >= 4 is 11.5 Å². The van der Waals surface area contributed by atoms with Crippen molar-refractivity contribution in [2.45, 2.75) is 13.0 Å². The molecule has 0 radical (unpaired) electrons. The molecule has 0 fully saturated rings. The van der Waals surface area contributed by atoms with Crippen molar-refractivity contribution in [2.24, 2.45) is 0 Å². The van der Waals surface area contributed by atoms with Gasteiger partial charge in [0.1, 0.15) is 5.75 Å². The minimum absolute atomic E-state index is 0.0800. The second-order valence-corrected chi connectivity index (χ2v) is 4.32. The Hall–Kier alpha value is -2.29. The van der Waals surface area contributed by atoms with E-state index in [2.05, 4.69) is 5.32 Å². The van der Waals surface area contributed by atoms with Crippen LogP contribution in [0.3, 0.4) is 0 Å². The number of carbonyl (C=O) groups excluding carboxylic acids is 1. The topological polar surface area (TPSA) is 38.3 Å². The van der Waals surface area contributed by atoms with Crippen molar-refractivity contribution in [3.05, 3.63) is 60.2 Å². The van der Waals surface area contributed by atoms with E-state index in [1.54, 1.807) is 7.11 Å². The molecule has 0 aliphatic heterocycles. The van der Waals surface area contributed by atoms with E-state index in [1.165, 1.54) is 0 Å². The number of methoxy groups -OCH3 is 1. The predicted octanol–water partition coefficient (Wildman–Crippen LogP) is 3.38. The summed E-state index contributed by atoms with van der Waals surface area (Å²) in [5.41, 5.74) is 1.62. The lowest BCUT2D eigenvalue weighted by Gasteiger charge is -2.14. The van der Waals surface area contributed by atoms with Gasteiger partial charge in [-0.1, -0.05) is 30.3 Å². The fourth-order valence-electron chi connectivity index (χ4n) is 1.86. The maximum Gasteiger partial charge on any atom is 0.184 e. The molecule has 19 heavy (non-hydrogen) atoms. The molecule has 1 atom stereocenters. The third-order valence-electron chi connectivity index (χ3n) is 2.92. The van der Waals surface area contributed by atoms with Crippen molar-refractivity contribution < 1.29 is 9.53 Å². The molecule has 0 spiro atoms.